The molecule has 1 saturated heterocycles. The summed E-state index contributed by atoms with van der Waals surface area (Å²) in [5, 5.41) is 10.2. The van der Waals surface area contributed by atoms with E-state index in [4.69, 9.17) is 4.74 Å². The highest BCUT2D eigenvalue weighted by atomic mass is 19.3. The van der Waals surface area contributed by atoms with Gasteiger partial charge in [-0.2, -0.15) is 0 Å². The monoisotopic (exact) mass is 466 g/mol. The maximum atomic E-state index is 14.5. The van der Waals surface area contributed by atoms with Crippen molar-refractivity contribution in [1.82, 2.24) is 9.47 Å². The molecule has 178 valence electrons. The molecule has 3 aromatic rings. The standard InChI is InChI=1S/C27H28F2N2O3/c1-25(2,33)19-10-8-18(9-11-19)24(32)30-16-14-27(15-17-30)23-13-12-22(26(3,28)29)31(23)20-6-4-5-7-21(20)34-27/h4-13,33H,14-17H2,1-3H3. The normalized spacial score (nSPS) is 17.2. The zero-order chi connectivity index (χ0) is 24.3. The summed E-state index contributed by atoms with van der Waals surface area (Å²) in [5.74, 6) is -2.53. The molecule has 0 aliphatic carbocycles. The van der Waals surface area contributed by atoms with Crippen molar-refractivity contribution in [2.75, 3.05) is 13.1 Å². The molecule has 3 heterocycles. The van der Waals surface area contributed by atoms with E-state index in [0.29, 0.717) is 48.6 Å². The first-order valence-electron chi connectivity index (χ1n) is 11.5. The van der Waals surface area contributed by atoms with Crippen LogP contribution in [0.3, 0.4) is 0 Å². The van der Waals surface area contributed by atoms with Gasteiger partial charge in [-0.05, 0) is 55.8 Å². The molecule has 0 unspecified atom stereocenters. The number of likely N-dealkylation sites (tertiary alicyclic amines) is 1. The van der Waals surface area contributed by atoms with Crippen LogP contribution in [0.2, 0.25) is 0 Å². The molecule has 2 aromatic carbocycles. The minimum Gasteiger partial charge on any atom is -0.479 e. The summed E-state index contributed by atoms with van der Waals surface area (Å²) in [6.45, 7) is 5.19. The van der Waals surface area contributed by atoms with E-state index in [1.54, 1.807) is 65.8 Å². The number of alkyl halides is 2. The molecule has 0 bridgehead atoms. The maximum absolute atomic E-state index is 14.5. The van der Waals surface area contributed by atoms with Gasteiger partial charge in [-0.1, -0.05) is 24.3 Å². The van der Waals surface area contributed by atoms with Crippen LogP contribution in [0.25, 0.3) is 5.69 Å². The first kappa shape index (κ1) is 22.6. The number of hydrogen-bond donors (Lipinski definition) is 1. The lowest BCUT2D eigenvalue weighted by atomic mass is 9.86. The average molecular weight is 467 g/mol. The zero-order valence-electron chi connectivity index (χ0n) is 19.5. The molecule has 7 heteroatoms. The van der Waals surface area contributed by atoms with Crippen LogP contribution in [-0.4, -0.2) is 33.6 Å². The third-order valence-electron chi connectivity index (χ3n) is 6.91. The smallest absolute Gasteiger partial charge is 0.285 e. The minimum absolute atomic E-state index is 0.0666. The number of para-hydroxylation sites is 2. The Hall–Kier alpha value is -3.19. The first-order valence-corrected chi connectivity index (χ1v) is 11.5. The van der Waals surface area contributed by atoms with E-state index in [1.165, 1.54) is 6.07 Å². The van der Waals surface area contributed by atoms with E-state index in [0.717, 1.165) is 12.5 Å². The molecule has 2 aliphatic heterocycles. The summed E-state index contributed by atoms with van der Waals surface area (Å²) >= 11 is 0. The van der Waals surface area contributed by atoms with E-state index in [-0.39, 0.29) is 11.6 Å². The fourth-order valence-corrected chi connectivity index (χ4v) is 5.02. The van der Waals surface area contributed by atoms with Gasteiger partial charge in [0.2, 0.25) is 0 Å². The number of aliphatic hydroxyl groups is 1. The van der Waals surface area contributed by atoms with Crippen molar-refractivity contribution in [3.05, 3.63) is 83.2 Å². The van der Waals surface area contributed by atoms with Gasteiger partial charge < -0.3 is 19.3 Å². The van der Waals surface area contributed by atoms with E-state index < -0.39 is 17.1 Å². The van der Waals surface area contributed by atoms with Crippen LogP contribution in [0.1, 0.15) is 60.9 Å². The predicted octanol–water partition coefficient (Wildman–Crippen LogP) is 5.34. The van der Waals surface area contributed by atoms with Gasteiger partial charge in [0.15, 0.2) is 5.60 Å². The number of rotatable bonds is 3. The fraction of sp³-hybridized carbons (Fsp3) is 0.370. The Bertz CT molecular complexity index is 1230. The Morgan fingerprint density at radius 1 is 0.971 bits per heavy atom. The predicted molar refractivity (Wildman–Crippen MR) is 124 cm³/mol. The number of hydrogen-bond acceptors (Lipinski definition) is 3. The second kappa shape index (κ2) is 7.67. The molecule has 1 spiro atoms. The number of ether oxygens (including phenoxy) is 1. The van der Waals surface area contributed by atoms with E-state index >= 15 is 0 Å². The first-order chi connectivity index (χ1) is 16.0. The molecular weight excluding hydrogens is 438 g/mol. The molecule has 1 amide bonds. The Kier molecular flexibility index (Phi) is 5.09. The summed E-state index contributed by atoms with van der Waals surface area (Å²) < 4.78 is 37.0. The zero-order valence-corrected chi connectivity index (χ0v) is 19.5. The van der Waals surface area contributed by atoms with Crippen molar-refractivity contribution in [2.24, 2.45) is 0 Å². The fourth-order valence-electron chi connectivity index (χ4n) is 5.02. The van der Waals surface area contributed by atoms with Gasteiger partial charge in [0.25, 0.3) is 11.8 Å². The van der Waals surface area contributed by atoms with Gasteiger partial charge in [-0.3, -0.25) is 4.79 Å². The molecule has 0 saturated carbocycles. The quantitative estimate of drug-likeness (QED) is 0.567. The lowest BCUT2D eigenvalue weighted by molar-refractivity contribution is -0.0149. The number of benzene rings is 2. The van der Waals surface area contributed by atoms with Crippen molar-refractivity contribution in [2.45, 2.75) is 50.7 Å². The van der Waals surface area contributed by atoms with Crippen LogP contribution in [0.4, 0.5) is 8.78 Å². The number of fused-ring (bicyclic) bond motifs is 4. The summed E-state index contributed by atoms with van der Waals surface area (Å²) in [7, 11) is 0. The van der Waals surface area contributed by atoms with Gasteiger partial charge in [-0.15, -0.1) is 0 Å². The summed E-state index contributed by atoms with van der Waals surface area (Å²) in [4.78, 5) is 14.9. The SMILES string of the molecule is CC(C)(O)c1ccc(C(=O)N2CCC3(CC2)Oc2ccccc2-n2c(C(C)(F)F)ccc23)cc1. The van der Waals surface area contributed by atoms with Crippen LogP contribution >= 0.6 is 0 Å². The lowest BCUT2D eigenvalue weighted by Gasteiger charge is -2.45. The minimum atomic E-state index is -3.00. The van der Waals surface area contributed by atoms with Gasteiger partial charge in [0.1, 0.15) is 5.75 Å². The highest BCUT2D eigenvalue weighted by molar-refractivity contribution is 5.94. The topological polar surface area (TPSA) is 54.7 Å². The van der Waals surface area contributed by atoms with Crippen LogP contribution in [0, 0.1) is 0 Å². The average Bonchev–Trinajstić information content (AvgIpc) is 3.26. The molecule has 34 heavy (non-hydrogen) atoms. The van der Waals surface area contributed by atoms with Crippen LogP contribution in [0.5, 0.6) is 5.75 Å². The molecule has 1 N–H and O–H groups in total. The van der Waals surface area contributed by atoms with E-state index in [2.05, 4.69) is 0 Å². The highest BCUT2D eigenvalue weighted by Crippen LogP contribution is 2.47. The number of nitrogens with zero attached hydrogens (tertiary/aromatic N) is 2. The Morgan fingerprint density at radius 3 is 2.24 bits per heavy atom. The van der Waals surface area contributed by atoms with E-state index in [1.807, 2.05) is 12.1 Å². The van der Waals surface area contributed by atoms with Crippen molar-refractivity contribution in [3.8, 4) is 11.4 Å². The summed E-state index contributed by atoms with van der Waals surface area (Å²) in [6, 6.07) is 17.4. The summed E-state index contributed by atoms with van der Waals surface area (Å²) in [6.07, 6.45) is 0.987. The molecule has 1 fully saturated rings. The number of aromatic nitrogens is 1. The van der Waals surface area contributed by atoms with E-state index in [9.17, 15) is 18.7 Å². The van der Waals surface area contributed by atoms with Gasteiger partial charge >= 0.3 is 0 Å². The molecule has 1 aromatic heterocycles. The maximum Gasteiger partial charge on any atom is 0.285 e. The Morgan fingerprint density at radius 2 is 1.62 bits per heavy atom. The van der Waals surface area contributed by atoms with Crippen molar-refractivity contribution in [1.29, 1.82) is 0 Å². The number of piperidine rings is 1. The highest BCUT2D eigenvalue weighted by Gasteiger charge is 2.47. The van der Waals surface area contributed by atoms with Crippen LogP contribution in [0.15, 0.2) is 60.7 Å². The van der Waals surface area contributed by atoms with Crippen LogP contribution in [-0.2, 0) is 17.1 Å². The second-order valence-corrected chi connectivity index (χ2v) is 9.82. The third kappa shape index (κ3) is 3.68. The molecule has 5 rings (SSSR count). The molecule has 0 atom stereocenters. The summed E-state index contributed by atoms with van der Waals surface area (Å²) in [5.41, 5.74) is 0.772. The second-order valence-electron chi connectivity index (χ2n) is 9.82. The largest absolute Gasteiger partial charge is 0.479 e. The third-order valence-corrected chi connectivity index (χ3v) is 6.91. The molecule has 2 aliphatic rings. The van der Waals surface area contributed by atoms with Gasteiger partial charge in [0.05, 0.1) is 22.7 Å². The van der Waals surface area contributed by atoms with Crippen LogP contribution < -0.4 is 4.74 Å². The van der Waals surface area contributed by atoms with Crippen molar-refractivity contribution >= 4 is 5.91 Å². The number of carbonyl (C=O) groups excluding carboxylic acids is 1. The number of halogens is 2. The Balaban J connectivity index is 1.42. The van der Waals surface area contributed by atoms with Crippen molar-refractivity contribution < 1.29 is 23.4 Å². The molecular formula is C27H28F2N2O3. The van der Waals surface area contributed by atoms with Crippen molar-refractivity contribution in [3.63, 3.8) is 0 Å². The number of amides is 1. The molecule has 0 radical (unpaired) electrons. The lowest BCUT2D eigenvalue weighted by Crippen LogP contribution is -2.50. The molecule has 5 nitrogen and oxygen atoms in total. The van der Waals surface area contributed by atoms with Gasteiger partial charge in [-0.25, -0.2) is 8.78 Å². The Labute approximate surface area is 197 Å². The van der Waals surface area contributed by atoms with Gasteiger partial charge in [0, 0.05) is 38.4 Å². The number of carbonyl (C=O) groups is 1.